The number of hydrogen-bond acceptors (Lipinski definition) is 26. The number of benzene rings is 6. The summed E-state index contributed by atoms with van der Waals surface area (Å²) in [7, 11) is 1.35. The molecule has 0 bridgehead atoms. The first-order valence-electron chi connectivity index (χ1n) is 40.2. The number of amides is 6. The average Bonchev–Trinajstić information content (AvgIpc) is 1.73. The van der Waals surface area contributed by atoms with Gasteiger partial charge in [-0.25, -0.2) is 0 Å². The summed E-state index contributed by atoms with van der Waals surface area (Å²) in [5.74, 6) is 6.38. The van der Waals surface area contributed by atoms with Gasteiger partial charge in [0.05, 0.1) is 57.1 Å². The minimum Gasteiger partial charge on any atom is -0.619 e. The molecule has 0 radical (unpaired) electrons. The van der Waals surface area contributed by atoms with Crippen molar-refractivity contribution in [2.75, 3.05) is 47.9 Å². The summed E-state index contributed by atoms with van der Waals surface area (Å²) in [6.07, 6.45) is 14.9. The van der Waals surface area contributed by atoms with E-state index in [0.717, 1.165) is 69.9 Å². The zero-order chi connectivity index (χ0) is 94.5. The van der Waals surface area contributed by atoms with Crippen LogP contribution in [0.5, 0.6) is 74.7 Å². The van der Waals surface area contributed by atoms with Crippen LogP contribution in [0.4, 0.5) is 0 Å². The van der Waals surface area contributed by atoms with Gasteiger partial charge in [0.1, 0.15) is 15.1 Å². The van der Waals surface area contributed by atoms with Gasteiger partial charge in [-0.05, 0) is 142 Å². The molecule has 6 aromatic heterocycles. The van der Waals surface area contributed by atoms with Gasteiger partial charge in [0.15, 0.2) is 143 Å². The normalized spacial score (nSPS) is 12.3. The van der Waals surface area contributed by atoms with E-state index in [9.17, 15) is 65.1 Å². The molecular formula is C91H82BrCl3N12O26. The predicted molar refractivity (Wildman–Crippen MR) is 474 cm³/mol. The van der Waals surface area contributed by atoms with E-state index < -0.39 is 18.4 Å². The number of carbonyl (C=O) groups excluding carboxylic acids is 6. The third kappa shape index (κ3) is 25.0. The number of aryl methyl sites for hydroxylation is 2. The van der Waals surface area contributed by atoms with Crippen LogP contribution >= 0.6 is 50.7 Å². The number of pyridine rings is 6. The Morgan fingerprint density at radius 2 is 0.639 bits per heavy atom. The molecule has 0 spiro atoms. The van der Waals surface area contributed by atoms with E-state index in [2.05, 4.69) is 47.8 Å². The number of nitrogens with one attached hydrogen (secondary N) is 6. The van der Waals surface area contributed by atoms with E-state index in [1.54, 1.807) is 56.3 Å². The highest BCUT2D eigenvalue weighted by molar-refractivity contribution is 9.10. The van der Waals surface area contributed by atoms with Gasteiger partial charge in [0, 0.05) is 74.2 Å². The van der Waals surface area contributed by atoms with Crippen LogP contribution in [0.25, 0.3) is 0 Å². The van der Waals surface area contributed by atoms with Crippen molar-refractivity contribution >= 4 is 86.2 Å². The van der Waals surface area contributed by atoms with E-state index in [1.807, 2.05) is 86.6 Å². The van der Waals surface area contributed by atoms with Crippen molar-refractivity contribution in [1.29, 1.82) is 0 Å². The van der Waals surface area contributed by atoms with E-state index in [0.29, 0.717) is 156 Å². The molecule has 38 nitrogen and oxygen atoms in total. The molecule has 18 rings (SSSR count). The number of aromatic nitrogens is 6. The van der Waals surface area contributed by atoms with E-state index in [1.165, 1.54) is 62.6 Å². The van der Waals surface area contributed by atoms with Gasteiger partial charge in [-0.15, -0.1) is 0 Å². The van der Waals surface area contributed by atoms with Gasteiger partial charge in [-0.1, -0.05) is 85.0 Å². The summed E-state index contributed by atoms with van der Waals surface area (Å²) in [5, 5.41) is 93.6. The van der Waals surface area contributed by atoms with E-state index >= 15 is 0 Å². The Hall–Kier alpha value is -15.5. The second kappa shape index (κ2) is 44.2. The van der Waals surface area contributed by atoms with Crippen molar-refractivity contribution in [3.05, 3.63) is 342 Å². The van der Waals surface area contributed by atoms with Gasteiger partial charge in [0.25, 0.3) is 35.4 Å². The molecule has 0 aliphatic carbocycles. The fraction of sp³-hybridized carbons (Fsp3) is 0.209. The number of aliphatic hydroxyl groups is 1. The molecule has 0 unspecified atom stereocenters. The van der Waals surface area contributed by atoms with Gasteiger partial charge < -0.3 is 130 Å². The fourth-order valence-corrected chi connectivity index (χ4v) is 14.8. The molecule has 0 fully saturated rings. The summed E-state index contributed by atoms with van der Waals surface area (Å²) >= 11 is 20.8. The molecule has 6 aliphatic rings. The second-order valence-electron chi connectivity index (χ2n) is 29.5. The first-order valence-corrected chi connectivity index (χ1v) is 42.1. The molecule has 12 heterocycles. The second-order valence-corrected chi connectivity index (χ2v) is 31.6. The summed E-state index contributed by atoms with van der Waals surface area (Å²) < 4.78 is 72.2. The van der Waals surface area contributed by atoms with Crippen molar-refractivity contribution in [3.8, 4) is 74.7 Å². The standard InChI is InChI=1S/C17H18N2O4.C16H16N2O6.C16H16N2O4.C14H11BrN2O4.C14H10Cl2N2O4.C14H11ClN2O4/c1-11(2)14-9-19(21)6-5-13(14)17(20)18-8-12-3-4-15-16(7-12)23-10-22-15;1-22-14-7-18(21)6-11(8-19)15(14)16(20)17-5-10-2-3-12-13(4-10)24-9-23-12;1-10-7-18(20)8-11(2)15(10)16(19)17-6-12-3-4-13-14(5-12)22-9-21-13;15-11-7-17(19)4-3-10(11)14(18)16-6-9-1-2-12-13(5-9)21-8-20-12;15-9-5-18(20)6-10(16)13(9)14(19)17-4-8-1-2-11-12(3-8)22-7-21-11;15-11-7-17(19)4-3-10(11)14(18)16-6-9-1-2-12-13(5-9)21-8-20-12/h3-7,9,11H,8,10H2,1-2H3,(H,18,20);2-4,6-7,19H,5,8-9H2,1H3,(H,17,20);3-5,7-8H,6,9H2,1-2H3,(H,17,19);1-5,7H,6,8H2,(H,16,18);1-3,5-6H,4,7H2,(H,17,19);1-5,7H,6,8H2,(H,16,18). The van der Waals surface area contributed by atoms with E-state index in [-0.39, 0.29) is 126 Å². The average molecular weight is 1950 g/mol. The zero-order valence-electron chi connectivity index (χ0n) is 71.2. The van der Waals surface area contributed by atoms with Crippen molar-refractivity contribution in [2.24, 2.45) is 0 Å². The Morgan fingerprint density at radius 1 is 0.353 bits per heavy atom. The first-order chi connectivity index (χ1) is 64.0. The highest BCUT2D eigenvalue weighted by atomic mass is 79.9. The molecule has 0 atom stereocenters. The number of halogens is 4. The summed E-state index contributed by atoms with van der Waals surface area (Å²) in [5.41, 5.74) is 9.40. The molecule has 133 heavy (non-hydrogen) atoms. The molecule has 12 aromatic rings. The topological polar surface area (TPSA) is 476 Å². The largest absolute Gasteiger partial charge is 0.619 e. The Balaban J connectivity index is 0.000000136. The lowest BCUT2D eigenvalue weighted by Gasteiger charge is -2.12. The maximum absolute atomic E-state index is 12.5. The third-order valence-corrected chi connectivity index (χ3v) is 21.5. The first kappa shape index (κ1) is 95.1. The van der Waals surface area contributed by atoms with Gasteiger partial charge in [-0.3, -0.25) is 28.8 Å². The zero-order valence-corrected chi connectivity index (χ0v) is 75.0. The van der Waals surface area contributed by atoms with Crippen LogP contribution < -0.4 is 122 Å². The number of carbonyl (C=O) groups is 6. The van der Waals surface area contributed by atoms with Gasteiger partial charge in [0.2, 0.25) is 47.0 Å². The Bertz CT molecular complexity index is 6060. The molecule has 6 aromatic carbocycles. The Morgan fingerprint density at radius 3 is 0.985 bits per heavy atom. The molecule has 0 saturated carbocycles. The molecule has 6 aliphatic heterocycles. The minimum atomic E-state index is -0.465. The van der Waals surface area contributed by atoms with Crippen LogP contribution in [-0.4, -0.2) is 88.4 Å². The number of aliphatic hydroxyl groups excluding tert-OH is 1. The third-order valence-electron chi connectivity index (χ3n) is 20.0. The summed E-state index contributed by atoms with van der Waals surface area (Å²) in [6.45, 7) is 10.1. The summed E-state index contributed by atoms with van der Waals surface area (Å²) in [6, 6.07) is 37.2. The number of methoxy groups -OCH3 is 1. The molecule has 7 N–H and O–H groups in total. The van der Waals surface area contributed by atoms with Crippen molar-refractivity contribution in [1.82, 2.24) is 31.9 Å². The smallest absolute Gasteiger partial charge is 0.256 e. The van der Waals surface area contributed by atoms with Crippen LogP contribution in [0.3, 0.4) is 0 Å². The monoisotopic (exact) mass is 1940 g/mol. The Kier molecular flexibility index (Phi) is 31.6. The number of fused-ring (bicyclic) bond motifs is 6. The lowest BCUT2D eigenvalue weighted by molar-refractivity contribution is -0.606. The maximum atomic E-state index is 12.5. The lowest BCUT2D eigenvalue weighted by atomic mass is 9.99. The summed E-state index contributed by atoms with van der Waals surface area (Å²) in [4.78, 5) is 73.4. The molecular weight excluding hydrogens is 1860 g/mol. The van der Waals surface area contributed by atoms with Crippen molar-refractivity contribution < 1.29 is 124 Å². The molecule has 6 amide bonds. The maximum Gasteiger partial charge on any atom is 0.256 e. The highest BCUT2D eigenvalue weighted by Crippen LogP contribution is 2.39. The molecule has 42 heteroatoms. The Labute approximate surface area is 781 Å². The number of hydrogen-bond donors (Lipinski definition) is 7. The van der Waals surface area contributed by atoms with Gasteiger partial charge in [-0.2, -0.15) is 28.4 Å². The number of nitrogens with zero attached hydrogens (tertiary/aromatic N) is 6. The fourth-order valence-electron chi connectivity index (χ4n) is 13.4. The molecule has 0 saturated heterocycles. The highest BCUT2D eigenvalue weighted by Gasteiger charge is 2.27. The van der Waals surface area contributed by atoms with Crippen LogP contribution in [0, 0.1) is 45.1 Å². The number of ether oxygens (including phenoxy) is 13. The van der Waals surface area contributed by atoms with Crippen molar-refractivity contribution in [2.45, 2.75) is 79.5 Å². The minimum absolute atomic E-state index is 0.00862. The number of rotatable bonds is 21. The quantitative estimate of drug-likeness (QED) is 0.0260. The molecule has 690 valence electrons. The van der Waals surface area contributed by atoms with Crippen LogP contribution in [0.1, 0.15) is 138 Å². The SMILES string of the molecule is CC(C)c1c[n+]([O-])ccc1C(=O)NCc1ccc2c(c1)OCO2.COc1c[n+]([O-])cc(CO)c1C(=O)NCc1ccc2c(c1)OCO2.Cc1c[n+]([O-])cc(C)c1C(=O)NCc1ccc2c(c1)OCO2.O=C(NCc1ccc2c(c1)OCO2)c1c(Cl)c[n+]([O-])cc1Cl.O=C(NCc1ccc2c(c1)OCO2)c1cc[n+]([O-])cc1Br.O=C(NCc1ccc2c(c1)OCO2)c1cc[n+]([O-])cc1Cl. The van der Waals surface area contributed by atoms with Crippen LogP contribution in [-0.2, 0) is 45.9 Å². The van der Waals surface area contributed by atoms with Crippen LogP contribution in [0.15, 0.2) is 206 Å². The predicted octanol–water partition coefficient (Wildman–Crippen LogP) is 9.84. The van der Waals surface area contributed by atoms with E-state index in [4.69, 9.17) is 96.4 Å². The van der Waals surface area contributed by atoms with Crippen molar-refractivity contribution in [3.63, 3.8) is 0 Å². The lowest BCUT2D eigenvalue weighted by Crippen LogP contribution is -2.31. The van der Waals surface area contributed by atoms with Gasteiger partial charge >= 0.3 is 0 Å². The van der Waals surface area contributed by atoms with Crippen LogP contribution in [0.2, 0.25) is 15.1 Å².